The predicted octanol–water partition coefficient (Wildman–Crippen LogP) is 3.02. The van der Waals surface area contributed by atoms with Crippen LogP contribution in [0.15, 0.2) is 66.7 Å². The van der Waals surface area contributed by atoms with Crippen LogP contribution in [0, 0.1) is 5.92 Å². The van der Waals surface area contributed by atoms with Crippen LogP contribution in [-0.2, 0) is 16.0 Å². The third-order valence-corrected chi connectivity index (χ3v) is 5.67. The van der Waals surface area contributed by atoms with Crippen molar-refractivity contribution in [3.63, 3.8) is 0 Å². The van der Waals surface area contributed by atoms with E-state index >= 15 is 0 Å². The van der Waals surface area contributed by atoms with Crippen molar-refractivity contribution in [3.8, 4) is 11.1 Å². The minimum atomic E-state index is -1.54. The van der Waals surface area contributed by atoms with Crippen LogP contribution in [0.2, 0.25) is 0 Å². The first-order chi connectivity index (χ1) is 16.6. The first kappa shape index (κ1) is 25.7. The molecule has 0 spiro atoms. The lowest BCUT2D eigenvalue weighted by Gasteiger charge is -2.28. The minimum Gasteiger partial charge on any atom is -0.480 e. The second-order valence-corrected chi connectivity index (χ2v) is 9.02. The van der Waals surface area contributed by atoms with Gasteiger partial charge < -0.3 is 26.2 Å². The summed E-state index contributed by atoms with van der Waals surface area (Å²) in [6.07, 6.45) is -1.46. The van der Waals surface area contributed by atoms with E-state index in [-0.39, 0.29) is 25.4 Å². The normalized spacial score (nSPS) is 12.8. The van der Waals surface area contributed by atoms with Crippen molar-refractivity contribution >= 4 is 28.7 Å². The molecule has 3 aromatic carbocycles. The number of aliphatic hydroxyl groups excluding tert-OH is 1. The molecule has 8 nitrogen and oxygen atoms in total. The van der Waals surface area contributed by atoms with Crippen molar-refractivity contribution in [3.05, 3.63) is 72.3 Å². The Morgan fingerprint density at radius 2 is 1.54 bits per heavy atom. The molecule has 35 heavy (non-hydrogen) atoms. The Morgan fingerprint density at radius 1 is 0.914 bits per heavy atom. The van der Waals surface area contributed by atoms with Gasteiger partial charge in [-0.3, -0.25) is 4.79 Å². The number of carbonyl (C=O) groups is 3. The maximum absolute atomic E-state index is 12.8. The summed E-state index contributed by atoms with van der Waals surface area (Å²) in [7, 11) is 0. The number of fused-ring (bicyclic) bond motifs is 1. The highest BCUT2D eigenvalue weighted by Crippen LogP contribution is 2.25. The lowest BCUT2D eigenvalue weighted by molar-refractivity contribution is -0.139. The van der Waals surface area contributed by atoms with Gasteiger partial charge in [0.1, 0.15) is 12.1 Å². The van der Waals surface area contributed by atoms with Gasteiger partial charge in [0.2, 0.25) is 5.91 Å². The number of aliphatic hydroxyl groups is 1. The zero-order chi connectivity index (χ0) is 25.5. The fraction of sp³-hybridized carbons (Fsp3) is 0.296. The summed E-state index contributed by atoms with van der Waals surface area (Å²) < 4.78 is 0. The monoisotopic (exact) mass is 477 g/mol. The number of hydrogen-bond donors (Lipinski definition) is 4. The molecule has 5 N–H and O–H groups in total. The van der Waals surface area contributed by atoms with Crippen molar-refractivity contribution in [1.29, 1.82) is 0 Å². The van der Waals surface area contributed by atoms with E-state index in [2.05, 4.69) is 29.6 Å². The van der Waals surface area contributed by atoms with Gasteiger partial charge in [0.25, 0.3) is 0 Å². The molecule has 0 saturated carbocycles. The Morgan fingerprint density at radius 3 is 2.14 bits per heavy atom. The summed E-state index contributed by atoms with van der Waals surface area (Å²) in [6, 6.07) is 20.0. The van der Waals surface area contributed by atoms with E-state index in [1.807, 2.05) is 56.3 Å². The Kier molecular flexibility index (Phi) is 8.43. The van der Waals surface area contributed by atoms with E-state index in [1.165, 1.54) is 4.90 Å². The second-order valence-electron chi connectivity index (χ2n) is 9.02. The van der Waals surface area contributed by atoms with E-state index in [0.717, 1.165) is 27.5 Å². The summed E-state index contributed by atoms with van der Waals surface area (Å²) in [4.78, 5) is 37.1. The number of nitrogens with one attached hydrogen (secondary N) is 1. The first-order valence-corrected chi connectivity index (χ1v) is 11.5. The molecule has 184 valence electrons. The van der Waals surface area contributed by atoms with E-state index in [0.29, 0.717) is 0 Å². The Bertz CT molecular complexity index is 1190. The average molecular weight is 478 g/mol. The number of amides is 3. The van der Waals surface area contributed by atoms with Crippen molar-refractivity contribution < 1.29 is 24.6 Å². The fourth-order valence-electron chi connectivity index (χ4n) is 3.86. The van der Waals surface area contributed by atoms with Crippen molar-refractivity contribution in [2.75, 3.05) is 13.1 Å². The molecule has 8 heteroatoms. The molecule has 0 aliphatic heterocycles. The van der Waals surface area contributed by atoms with Crippen LogP contribution in [-0.4, -0.2) is 58.3 Å². The molecule has 0 bridgehead atoms. The molecule has 0 radical (unpaired) electrons. The molecule has 0 heterocycles. The lowest BCUT2D eigenvalue weighted by atomic mass is 9.98. The van der Waals surface area contributed by atoms with Gasteiger partial charge in [-0.25, -0.2) is 9.59 Å². The van der Waals surface area contributed by atoms with Crippen molar-refractivity contribution in [1.82, 2.24) is 10.2 Å². The summed E-state index contributed by atoms with van der Waals surface area (Å²) >= 11 is 0. The van der Waals surface area contributed by atoms with Gasteiger partial charge in [-0.2, -0.15) is 0 Å². The third-order valence-electron chi connectivity index (χ3n) is 5.67. The van der Waals surface area contributed by atoms with Gasteiger partial charge >= 0.3 is 12.0 Å². The van der Waals surface area contributed by atoms with E-state index < -0.39 is 30.1 Å². The van der Waals surface area contributed by atoms with Crippen LogP contribution in [0.5, 0.6) is 0 Å². The van der Waals surface area contributed by atoms with Crippen LogP contribution >= 0.6 is 0 Å². The number of hydrogen-bond acceptors (Lipinski definition) is 4. The second kappa shape index (κ2) is 11.5. The number of urea groups is 1. The topological polar surface area (TPSA) is 133 Å². The van der Waals surface area contributed by atoms with Gasteiger partial charge in [0, 0.05) is 13.0 Å². The fourth-order valence-corrected chi connectivity index (χ4v) is 3.86. The molecule has 0 aromatic heterocycles. The van der Waals surface area contributed by atoms with E-state index in [4.69, 9.17) is 5.73 Å². The van der Waals surface area contributed by atoms with Gasteiger partial charge in [-0.1, -0.05) is 74.5 Å². The maximum Gasteiger partial charge on any atom is 0.326 e. The quantitative estimate of drug-likeness (QED) is 0.356. The number of carboxylic acid groups (broad SMARTS) is 1. The van der Waals surface area contributed by atoms with Crippen LogP contribution in [0.4, 0.5) is 4.79 Å². The molecular weight excluding hydrogens is 446 g/mol. The van der Waals surface area contributed by atoms with Crippen LogP contribution < -0.4 is 11.1 Å². The number of nitrogens with two attached hydrogens (primary N) is 1. The number of nitrogens with zero attached hydrogens (tertiary/aromatic N) is 1. The molecule has 3 amide bonds. The molecule has 2 atom stereocenters. The third kappa shape index (κ3) is 7.04. The summed E-state index contributed by atoms with van der Waals surface area (Å²) in [5.41, 5.74) is 7.90. The number of carboxylic acids is 1. The predicted molar refractivity (Wildman–Crippen MR) is 135 cm³/mol. The van der Waals surface area contributed by atoms with Crippen LogP contribution in [0.25, 0.3) is 21.9 Å². The Balaban J connectivity index is 1.71. The molecule has 0 fully saturated rings. The number of rotatable bonds is 10. The highest BCUT2D eigenvalue weighted by molar-refractivity contribution is 5.87. The zero-order valence-electron chi connectivity index (χ0n) is 19.8. The van der Waals surface area contributed by atoms with E-state index in [9.17, 15) is 24.6 Å². The summed E-state index contributed by atoms with van der Waals surface area (Å²) in [5, 5.41) is 24.3. The van der Waals surface area contributed by atoms with Gasteiger partial charge in [0.05, 0.1) is 6.54 Å². The smallest absolute Gasteiger partial charge is 0.326 e. The summed E-state index contributed by atoms with van der Waals surface area (Å²) in [6.45, 7) is 3.64. The highest BCUT2D eigenvalue weighted by Gasteiger charge is 2.26. The zero-order valence-corrected chi connectivity index (χ0v) is 19.8. The summed E-state index contributed by atoms with van der Waals surface area (Å²) in [5.74, 6) is -2.10. The highest BCUT2D eigenvalue weighted by atomic mass is 16.4. The van der Waals surface area contributed by atoms with Crippen molar-refractivity contribution in [2.24, 2.45) is 11.7 Å². The Hall–Kier alpha value is -3.91. The number of aliphatic carboxylic acids is 1. The number of primary amides is 1. The number of carbonyl (C=O) groups excluding carboxylic acids is 2. The van der Waals surface area contributed by atoms with E-state index in [1.54, 1.807) is 0 Å². The van der Waals surface area contributed by atoms with Gasteiger partial charge in [-0.15, -0.1) is 0 Å². The largest absolute Gasteiger partial charge is 0.480 e. The number of benzene rings is 3. The van der Waals surface area contributed by atoms with Gasteiger partial charge in [-0.05, 0) is 39.4 Å². The van der Waals surface area contributed by atoms with Crippen molar-refractivity contribution in [2.45, 2.75) is 32.4 Å². The lowest BCUT2D eigenvalue weighted by Crippen LogP contribution is -2.52. The standard InChI is InChI=1S/C27H31N3O5/c1-17(2)15-30(16-24(31)25(28)32)27(35)29-23(26(33)34)13-18-7-9-20(10-8-18)22-12-11-19-5-3-4-6-21(19)14-22/h3-12,14,17,23-24,31H,13,15-16H2,1-2H3,(H2,28,32)(H,29,35)(H,33,34)/t23-,24?/m0/s1. The minimum absolute atomic E-state index is 0.0340. The first-order valence-electron chi connectivity index (χ1n) is 11.5. The molecule has 3 rings (SSSR count). The van der Waals surface area contributed by atoms with Gasteiger partial charge in [0.15, 0.2) is 0 Å². The SMILES string of the molecule is CC(C)CN(CC(O)C(N)=O)C(=O)N[C@@H](Cc1ccc(-c2ccc3ccccc3c2)cc1)C(=O)O. The molecule has 0 saturated heterocycles. The molecule has 0 aliphatic carbocycles. The average Bonchev–Trinajstić information content (AvgIpc) is 2.82. The molecule has 1 unspecified atom stereocenters. The Labute approximate surface area is 204 Å². The molecule has 0 aliphatic rings. The van der Waals surface area contributed by atoms with Crippen LogP contribution in [0.1, 0.15) is 19.4 Å². The maximum atomic E-state index is 12.8. The van der Waals surface area contributed by atoms with Crippen LogP contribution in [0.3, 0.4) is 0 Å². The molecular formula is C27H31N3O5. The molecule has 3 aromatic rings.